The number of hydrogen-bond donors (Lipinski definition) is 1. The standard InChI is InChI=1S/C11H11Cl3O2/c12-8-5-7(6-9(13)11(8)14)3-1-2-4-10(15)16/h5-6H,1-4H2,(H,15,16). The van der Waals surface area contributed by atoms with E-state index in [-0.39, 0.29) is 6.42 Å². The van der Waals surface area contributed by atoms with Crippen LogP contribution < -0.4 is 0 Å². The number of aryl methyl sites for hydroxylation is 1. The number of unbranched alkanes of at least 4 members (excludes halogenated alkanes) is 1. The quantitative estimate of drug-likeness (QED) is 0.640. The predicted molar refractivity (Wildman–Crippen MR) is 66.7 cm³/mol. The molecular weight excluding hydrogens is 270 g/mol. The van der Waals surface area contributed by atoms with E-state index in [0.717, 1.165) is 18.4 Å². The summed E-state index contributed by atoms with van der Waals surface area (Å²) in [6, 6.07) is 3.52. The van der Waals surface area contributed by atoms with Gasteiger partial charge in [0.2, 0.25) is 0 Å². The summed E-state index contributed by atoms with van der Waals surface area (Å²) in [6.45, 7) is 0. The summed E-state index contributed by atoms with van der Waals surface area (Å²) in [5, 5.41) is 9.70. The predicted octanol–water partition coefficient (Wildman–Crippen LogP) is 4.44. The van der Waals surface area contributed by atoms with Gasteiger partial charge in [-0.2, -0.15) is 0 Å². The Hall–Kier alpha value is -0.440. The summed E-state index contributed by atoms with van der Waals surface area (Å²) in [5.74, 6) is -0.771. The topological polar surface area (TPSA) is 37.3 Å². The zero-order valence-corrected chi connectivity index (χ0v) is 10.7. The van der Waals surface area contributed by atoms with E-state index >= 15 is 0 Å². The summed E-state index contributed by atoms with van der Waals surface area (Å²) in [4.78, 5) is 10.3. The molecular formula is C11H11Cl3O2. The lowest BCUT2D eigenvalue weighted by atomic mass is 10.1. The normalized spacial score (nSPS) is 10.4. The Morgan fingerprint density at radius 1 is 1.12 bits per heavy atom. The van der Waals surface area contributed by atoms with Crippen LogP contribution in [0.1, 0.15) is 24.8 Å². The maximum Gasteiger partial charge on any atom is 0.303 e. The molecule has 5 heteroatoms. The third-order valence-corrected chi connectivity index (χ3v) is 3.35. The summed E-state index contributed by atoms with van der Waals surface area (Å²) in [6.07, 6.45) is 2.38. The number of aliphatic carboxylic acids is 1. The lowest BCUT2D eigenvalue weighted by molar-refractivity contribution is -0.137. The van der Waals surface area contributed by atoms with E-state index in [1.54, 1.807) is 12.1 Å². The van der Waals surface area contributed by atoms with Gasteiger partial charge in [-0.1, -0.05) is 34.8 Å². The van der Waals surface area contributed by atoms with Crippen molar-refractivity contribution in [1.82, 2.24) is 0 Å². The first-order valence-corrected chi connectivity index (χ1v) is 5.99. The van der Waals surface area contributed by atoms with Gasteiger partial charge in [0.05, 0.1) is 15.1 Å². The van der Waals surface area contributed by atoms with Crippen LogP contribution in [0.25, 0.3) is 0 Å². The molecule has 2 nitrogen and oxygen atoms in total. The Bertz CT molecular complexity index is 368. The largest absolute Gasteiger partial charge is 0.481 e. The van der Waals surface area contributed by atoms with E-state index in [9.17, 15) is 4.79 Å². The number of carboxylic acid groups (broad SMARTS) is 1. The maximum absolute atomic E-state index is 10.3. The van der Waals surface area contributed by atoms with E-state index in [0.29, 0.717) is 21.5 Å². The first kappa shape index (κ1) is 13.6. The van der Waals surface area contributed by atoms with Crippen LogP contribution in [0.5, 0.6) is 0 Å². The van der Waals surface area contributed by atoms with Gasteiger partial charge in [-0.15, -0.1) is 0 Å². The minimum Gasteiger partial charge on any atom is -0.481 e. The van der Waals surface area contributed by atoms with Crippen molar-refractivity contribution in [3.05, 3.63) is 32.8 Å². The number of halogens is 3. The Morgan fingerprint density at radius 2 is 1.69 bits per heavy atom. The molecule has 1 aromatic rings. The lowest BCUT2D eigenvalue weighted by Crippen LogP contribution is -1.95. The number of rotatable bonds is 5. The van der Waals surface area contributed by atoms with Gasteiger partial charge in [0.1, 0.15) is 0 Å². The van der Waals surface area contributed by atoms with E-state index in [4.69, 9.17) is 39.9 Å². The lowest BCUT2D eigenvalue weighted by Gasteiger charge is -2.04. The van der Waals surface area contributed by atoms with Gasteiger partial charge in [0.25, 0.3) is 0 Å². The minimum absolute atomic E-state index is 0.190. The van der Waals surface area contributed by atoms with Crippen LogP contribution in [0.4, 0.5) is 0 Å². The molecule has 0 aliphatic carbocycles. The zero-order valence-electron chi connectivity index (χ0n) is 8.47. The Balaban J connectivity index is 2.52. The number of benzene rings is 1. The van der Waals surface area contributed by atoms with Crippen LogP contribution >= 0.6 is 34.8 Å². The highest BCUT2D eigenvalue weighted by atomic mass is 35.5. The molecule has 0 aliphatic heterocycles. The fraction of sp³-hybridized carbons (Fsp3) is 0.364. The molecule has 0 aromatic heterocycles. The summed E-state index contributed by atoms with van der Waals surface area (Å²) in [7, 11) is 0. The molecule has 0 spiro atoms. The third kappa shape index (κ3) is 4.20. The van der Waals surface area contributed by atoms with Crippen molar-refractivity contribution in [1.29, 1.82) is 0 Å². The van der Waals surface area contributed by atoms with Crippen molar-refractivity contribution in [3.63, 3.8) is 0 Å². The molecule has 0 unspecified atom stereocenters. The summed E-state index contributed by atoms with van der Waals surface area (Å²) in [5.41, 5.74) is 0.977. The molecule has 0 aliphatic rings. The SMILES string of the molecule is O=C(O)CCCCc1cc(Cl)c(Cl)c(Cl)c1. The summed E-state index contributed by atoms with van der Waals surface area (Å²) < 4.78 is 0. The van der Waals surface area contributed by atoms with Crippen LogP contribution in [0.2, 0.25) is 15.1 Å². The van der Waals surface area contributed by atoms with Crippen molar-refractivity contribution in [3.8, 4) is 0 Å². The van der Waals surface area contributed by atoms with E-state index in [1.807, 2.05) is 0 Å². The molecule has 1 rings (SSSR count). The Kier molecular flexibility index (Phi) is 5.39. The highest BCUT2D eigenvalue weighted by Crippen LogP contribution is 2.31. The molecule has 0 saturated heterocycles. The monoisotopic (exact) mass is 280 g/mol. The molecule has 0 radical (unpaired) electrons. The Labute approximate surface area is 109 Å². The van der Waals surface area contributed by atoms with Crippen LogP contribution in [0, 0.1) is 0 Å². The van der Waals surface area contributed by atoms with Crippen LogP contribution in [0.3, 0.4) is 0 Å². The fourth-order valence-electron chi connectivity index (χ4n) is 1.36. The van der Waals surface area contributed by atoms with Gasteiger partial charge in [0.15, 0.2) is 0 Å². The van der Waals surface area contributed by atoms with E-state index in [1.165, 1.54) is 0 Å². The minimum atomic E-state index is -0.771. The first-order chi connectivity index (χ1) is 7.50. The van der Waals surface area contributed by atoms with Crippen LogP contribution in [0.15, 0.2) is 12.1 Å². The van der Waals surface area contributed by atoms with Gasteiger partial charge >= 0.3 is 5.97 Å². The van der Waals surface area contributed by atoms with Crippen molar-refractivity contribution in [2.75, 3.05) is 0 Å². The molecule has 0 fully saturated rings. The molecule has 16 heavy (non-hydrogen) atoms. The third-order valence-electron chi connectivity index (χ3n) is 2.15. The second kappa shape index (κ2) is 6.33. The van der Waals surface area contributed by atoms with Crippen LogP contribution in [-0.2, 0) is 11.2 Å². The van der Waals surface area contributed by atoms with E-state index in [2.05, 4.69) is 0 Å². The highest BCUT2D eigenvalue weighted by molar-refractivity contribution is 6.48. The molecule has 0 heterocycles. The molecule has 0 amide bonds. The molecule has 88 valence electrons. The second-order valence-corrected chi connectivity index (χ2v) is 4.67. The molecule has 1 aromatic carbocycles. The van der Waals surface area contributed by atoms with Gasteiger partial charge in [-0.3, -0.25) is 4.79 Å². The highest BCUT2D eigenvalue weighted by Gasteiger charge is 2.06. The van der Waals surface area contributed by atoms with Crippen LogP contribution in [-0.4, -0.2) is 11.1 Å². The summed E-state index contributed by atoms with van der Waals surface area (Å²) >= 11 is 17.6. The molecule has 0 bridgehead atoms. The smallest absolute Gasteiger partial charge is 0.303 e. The van der Waals surface area contributed by atoms with Gasteiger partial charge in [-0.05, 0) is 37.0 Å². The van der Waals surface area contributed by atoms with Gasteiger partial charge < -0.3 is 5.11 Å². The van der Waals surface area contributed by atoms with Gasteiger partial charge in [0, 0.05) is 6.42 Å². The molecule has 1 N–H and O–H groups in total. The van der Waals surface area contributed by atoms with Crippen molar-refractivity contribution < 1.29 is 9.90 Å². The average molecular weight is 282 g/mol. The molecule has 0 saturated carbocycles. The van der Waals surface area contributed by atoms with E-state index < -0.39 is 5.97 Å². The number of carboxylic acids is 1. The maximum atomic E-state index is 10.3. The number of carbonyl (C=O) groups is 1. The number of hydrogen-bond acceptors (Lipinski definition) is 1. The van der Waals surface area contributed by atoms with Crippen molar-refractivity contribution in [2.24, 2.45) is 0 Å². The van der Waals surface area contributed by atoms with Gasteiger partial charge in [-0.25, -0.2) is 0 Å². The first-order valence-electron chi connectivity index (χ1n) is 4.86. The second-order valence-electron chi connectivity index (χ2n) is 3.47. The van der Waals surface area contributed by atoms with Crippen molar-refractivity contribution in [2.45, 2.75) is 25.7 Å². The Morgan fingerprint density at radius 3 is 2.19 bits per heavy atom. The average Bonchev–Trinajstić information content (AvgIpc) is 2.20. The van der Waals surface area contributed by atoms with Crippen molar-refractivity contribution >= 4 is 40.8 Å². The zero-order chi connectivity index (χ0) is 12.1. The molecule has 0 atom stereocenters. The fourth-order valence-corrected chi connectivity index (χ4v) is 2.00.